The Morgan fingerprint density at radius 1 is 1.27 bits per heavy atom. The van der Waals surface area contributed by atoms with Gasteiger partial charge >= 0.3 is 0 Å². The molecule has 8 nitrogen and oxygen atoms in total. The minimum absolute atomic E-state index is 0. The molecule has 1 saturated heterocycles. The molecule has 0 amide bonds. The normalized spacial score (nSPS) is 15.4. The van der Waals surface area contributed by atoms with Crippen molar-refractivity contribution in [1.29, 1.82) is 0 Å². The Kier molecular flexibility index (Phi) is 10.1. The first-order valence-electron chi connectivity index (χ1n) is 10.2. The molecule has 9 heteroatoms. The number of piperidine rings is 1. The lowest BCUT2D eigenvalue weighted by atomic mass is 10.1. The number of nitrogens with zero attached hydrogens (tertiary/aromatic N) is 3. The third-order valence-corrected chi connectivity index (χ3v) is 5.05. The predicted octanol–water partition coefficient (Wildman–Crippen LogP) is 3.92. The number of aliphatic imine (C=N–C) groups is 1. The molecule has 1 aliphatic rings. The Bertz CT molecular complexity index is 787. The van der Waals surface area contributed by atoms with Crippen molar-refractivity contribution < 1.29 is 9.34 Å². The number of likely N-dealkylation sites (tertiary alicyclic amines) is 1. The van der Waals surface area contributed by atoms with Crippen molar-refractivity contribution >= 4 is 35.6 Å². The van der Waals surface area contributed by atoms with Crippen LogP contribution in [0, 0.1) is 10.1 Å². The monoisotopic (exact) mass is 527 g/mol. The zero-order chi connectivity index (χ0) is 20.5. The molecule has 1 fully saturated rings. The Morgan fingerprint density at radius 3 is 2.60 bits per heavy atom. The van der Waals surface area contributed by atoms with Gasteiger partial charge in [-0.25, -0.2) is 4.99 Å². The van der Waals surface area contributed by atoms with Gasteiger partial charge < -0.3 is 20.0 Å². The molecule has 2 N–H and O–H groups in total. The van der Waals surface area contributed by atoms with Gasteiger partial charge in [0.25, 0.3) is 5.69 Å². The molecule has 3 rings (SSSR count). The first-order valence-corrected chi connectivity index (χ1v) is 10.2. The first kappa shape index (κ1) is 24.1. The molecule has 0 atom stereocenters. The number of nitro groups is 1. The fourth-order valence-corrected chi connectivity index (χ4v) is 3.44. The summed E-state index contributed by atoms with van der Waals surface area (Å²) in [4.78, 5) is 17.6. The molecule has 0 saturated carbocycles. The zero-order valence-corrected chi connectivity index (χ0v) is 19.6. The maximum atomic E-state index is 10.8. The summed E-state index contributed by atoms with van der Waals surface area (Å²) in [6.45, 7) is 6.56. The molecule has 0 radical (unpaired) electrons. The highest BCUT2D eigenvalue weighted by atomic mass is 127. The fourth-order valence-electron chi connectivity index (χ4n) is 3.44. The van der Waals surface area contributed by atoms with E-state index in [0.29, 0.717) is 19.1 Å². The highest BCUT2D eigenvalue weighted by Crippen LogP contribution is 2.13. The lowest BCUT2D eigenvalue weighted by molar-refractivity contribution is -0.384. The van der Waals surface area contributed by atoms with Crippen molar-refractivity contribution in [2.45, 2.75) is 45.3 Å². The molecule has 2 heterocycles. The largest absolute Gasteiger partial charge is 0.467 e. The number of rotatable bonds is 8. The average Bonchev–Trinajstić information content (AvgIpc) is 3.25. The van der Waals surface area contributed by atoms with Crippen LogP contribution in [-0.4, -0.2) is 41.5 Å². The number of halogens is 1. The van der Waals surface area contributed by atoms with Gasteiger partial charge in [-0.05, 0) is 43.5 Å². The second kappa shape index (κ2) is 12.5. The third-order valence-electron chi connectivity index (χ3n) is 5.05. The highest BCUT2D eigenvalue weighted by Gasteiger charge is 2.19. The second-order valence-corrected chi connectivity index (χ2v) is 7.28. The molecule has 0 aliphatic carbocycles. The van der Waals surface area contributed by atoms with Gasteiger partial charge in [-0.3, -0.25) is 10.1 Å². The van der Waals surface area contributed by atoms with Gasteiger partial charge in [0.05, 0.1) is 24.3 Å². The van der Waals surface area contributed by atoms with E-state index in [2.05, 4.69) is 27.4 Å². The van der Waals surface area contributed by atoms with Crippen molar-refractivity contribution in [2.75, 3.05) is 19.6 Å². The number of nitro benzene ring substituents is 1. The fraction of sp³-hybridized carbons (Fsp3) is 0.476. The highest BCUT2D eigenvalue weighted by molar-refractivity contribution is 14.0. The molecule has 2 aromatic rings. The van der Waals surface area contributed by atoms with E-state index in [9.17, 15) is 10.1 Å². The van der Waals surface area contributed by atoms with Crippen LogP contribution >= 0.6 is 24.0 Å². The summed E-state index contributed by atoms with van der Waals surface area (Å²) in [5.74, 6) is 1.57. The Labute approximate surface area is 194 Å². The van der Waals surface area contributed by atoms with Crippen molar-refractivity contribution in [3.05, 3.63) is 64.1 Å². The van der Waals surface area contributed by atoms with Crippen LogP contribution in [-0.2, 0) is 13.1 Å². The SMILES string of the molecule is CCCN1CCC(NC(=NCc2ccc([N+](=O)[O-])cc2)NCc2ccco2)CC1.I. The molecular weight excluding hydrogens is 497 g/mol. The topological polar surface area (TPSA) is 95.9 Å². The summed E-state index contributed by atoms with van der Waals surface area (Å²) < 4.78 is 5.40. The summed E-state index contributed by atoms with van der Waals surface area (Å²) in [7, 11) is 0. The van der Waals surface area contributed by atoms with Gasteiger partial charge in [0, 0.05) is 31.3 Å². The van der Waals surface area contributed by atoms with E-state index in [1.54, 1.807) is 18.4 Å². The molecule has 164 valence electrons. The van der Waals surface area contributed by atoms with Crippen LogP contribution in [0.25, 0.3) is 0 Å². The summed E-state index contributed by atoms with van der Waals surface area (Å²) in [6.07, 6.45) is 5.00. The van der Waals surface area contributed by atoms with Crippen molar-refractivity contribution in [2.24, 2.45) is 4.99 Å². The molecular formula is C21H30IN5O3. The number of furan rings is 1. The van der Waals surface area contributed by atoms with Crippen molar-refractivity contribution in [1.82, 2.24) is 15.5 Å². The van der Waals surface area contributed by atoms with Gasteiger partial charge in [0.2, 0.25) is 0 Å². The molecule has 0 spiro atoms. The van der Waals surface area contributed by atoms with E-state index >= 15 is 0 Å². The van der Waals surface area contributed by atoms with Gasteiger partial charge in [0.1, 0.15) is 5.76 Å². The van der Waals surface area contributed by atoms with Crippen molar-refractivity contribution in [3.8, 4) is 0 Å². The minimum Gasteiger partial charge on any atom is -0.467 e. The number of benzene rings is 1. The van der Waals surface area contributed by atoms with Crippen LogP contribution < -0.4 is 10.6 Å². The first-order chi connectivity index (χ1) is 14.1. The molecule has 0 unspecified atom stereocenters. The number of hydrogen-bond donors (Lipinski definition) is 2. The average molecular weight is 527 g/mol. The summed E-state index contributed by atoms with van der Waals surface area (Å²) in [5, 5.41) is 17.7. The van der Waals surface area contributed by atoms with Crippen LogP contribution in [0.15, 0.2) is 52.1 Å². The number of hydrogen-bond acceptors (Lipinski definition) is 5. The molecule has 1 aliphatic heterocycles. The minimum atomic E-state index is -0.393. The van der Waals surface area contributed by atoms with E-state index in [-0.39, 0.29) is 29.7 Å². The molecule has 0 bridgehead atoms. The van der Waals surface area contributed by atoms with Crippen LogP contribution in [0.3, 0.4) is 0 Å². The summed E-state index contributed by atoms with van der Waals surface area (Å²) in [5.41, 5.74) is 1.01. The van der Waals surface area contributed by atoms with E-state index < -0.39 is 4.92 Å². The summed E-state index contributed by atoms with van der Waals surface area (Å²) >= 11 is 0. The quantitative estimate of drug-likeness (QED) is 0.178. The number of guanidine groups is 1. The van der Waals surface area contributed by atoms with Gasteiger partial charge in [-0.15, -0.1) is 24.0 Å². The smallest absolute Gasteiger partial charge is 0.269 e. The predicted molar refractivity (Wildman–Crippen MR) is 128 cm³/mol. The number of nitrogens with one attached hydrogen (secondary N) is 2. The summed E-state index contributed by atoms with van der Waals surface area (Å²) in [6, 6.07) is 10.7. The van der Waals surface area contributed by atoms with Gasteiger partial charge in [0.15, 0.2) is 5.96 Å². The Morgan fingerprint density at radius 2 is 2.00 bits per heavy atom. The lowest BCUT2D eigenvalue weighted by Crippen LogP contribution is -2.48. The van der Waals surface area contributed by atoms with Crippen molar-refractivity contribution in [3.63, 3.8) is 0 Å². The standard InChI is InChI=1S/C21H29N5O3.HI/c1-2-11-25-12-9-18(10-13-25)24-21(23-16-20-4-3-14-29-20)22-15-17-5-7-19(8-6-17)26(27)28;/h3-8,14,18H,2,9-13,15-16H2,1H3,(H2,22,23,24);1H. The Hall–Kier alpha value is -2.14. The van der Waals surface area contributed by atoms with E-state index in [1.165, 1.54) is 18.6 Å². The van der Waals surface area contributed by atoms with E-state index in [1.807, 2.05) is 12.1 Å². The van der Waals surface area contributed by atoms with Gasteiger partial charge in [-0.2, -0.15) is 0 Å². The second-order valence-electron chi connectivity index (χ2n) is 7.28. The third kappa shape index (κ3) is 7.60. The Balaban J connectivity index is 0.00000320. The number of non-ortho nitro benzene ring substituents is 1. The van der Waals surface area contributed by atoms with E-state index in [4.69, 9.17) is 4.42 Å². The van der Waals surface area contributed by atoms with Crippen LogP contribution in [0.1, 0.15) is 37.5 Å². The molecule has 1 aromatic heterocycles. The van der Waals surface area contributed by atoms with Gasteiger partial charge in [-0.1, -0.05) is 19.1 Å². The zero-order valence-electron chi connectivity index (χ0n) is 17.3. The van der Waals surface area contributed by atoms with E-state index in [0.717, 1.165) is 49.8 Å². The molecule has 1 aromatic carbocycles. The lowest BCUT2D eigenvalue weighted by Gasteiger charge is -2.32. The molecule has 30 heavy (non-hydrogen) atoms. The van der Waals surface area contributed by atoms with Crippen LogP contribution in [0.2, 0.25) is 0 Å². The maximum Gasteiger partial charge on any atom is 0.269 e. The van der Waals surface area contributed by atoms with Crippen LogP contribution in [0.4, 0.5) is 5.69 Å². The van der Waals surface area contributed by atoms with Crippen LogP contribution in [0.5, 0.6) is 0 Å². The maximum absolute atomic E-state index is 10.8.